The molecule has 0 atom stereocenters. The van der Waals surface area contributed by atoms with Crippen LogP contribution >= 0.6 is 0 Å². The molecule has 396 valence electrons. The average Bonchev–Trinajstić information content (AvgIpc) is 3.78. The Kier molecular flexibility index (Phi) is 11.9. The second kappa shape index (κ2) is 17.4. The van der Waals surface area contributed by atoms with E-state index in [0.717, 1.165) is 80.4 Å². The number of fused-ring (bicyclic) bond motifs is 7. The highest BCUT2D eigenvalue weighted by Gasteiger charge is 2.50. The molecule has 7 aromatic carbocycles. The largest absolute Gasteiger partial charge is 0.468 e. The second-order valence-electron chi connectivity index (χ2n) is 27.8. The van der Waals surface area contributed by atoms with Gasteiger partial charge in [-0.15, -0.1) is 0 Å². The highest BCUT2D eigenvalue weighted by Crippen LogP contribution is 2.54. The van der Waals surface area contributed by atoms with Gasteiger partial charge in [0.15, 0.2) is 0 Å². The van der Waals surface area contributed by atoms with Crippen molar-refractivity contribution in [2.75, 3.05) is 14.7 Å². The van der Waals surface area contributed by atoms with Crippen molar-refractivity contribution in [3.63, 3.8) is 0 Å². The molecule has 3 heterocycles. The van der Waals surface area contributed by atoms with Crippen LogP contribution in [0, 0.1) is 0 Å². The summed E-state index contributed by atoms with van der Waals surface area (Å²) >= 11 is 0. The van der Waals surface area contributed by atoms with Crippen LogP contribution in [-0.4, -0.2) is 6.71 Å². The van der Waals surface area contributed by atoms with Crippen LogP contribution in [0.5, 0.6) is 0 Å². The SMILES string of the molecule is CC(C)(C)c1ccc(N2c3cc(N(c4ccccc4)c4ccc(C(F)(F)F)cc4)cc4c3B(c3cc5c(cc3N4c3cc(C(C)(C)C)cc(C(C)(C)C)c3)C(C)(C)CCC5(C)C)c3oc4ccc(C(C)(C)C)cc4c32)cc1. The van der Waals surface area contributed by atoms with Crippen molar-refractivity contribution in [1.29, 1.82) is 0 Å². The molecule has 0 amide bonds. The van der Waals surface area contributed by atoms with Gasteiger partial charge >= 0.3 is 6.18 Å². The van der Waals surface area contributed by atoms with Crippen molar-refractivity contribution in [1.82, 2.24) is 0 Å². The van der Waals surface area contributed by atoms with Gasteiger partial charge in [-0.2, -0.15) is 13.2 Å². The molecule has 1 aliphatic carbocycles. The van der Waals surface area contributed by atoms with Crippen molar-refractivity contribution in [3.8, 4) is 0 Å². The minimum absolute atomic E-state index is 0.0866. The topological polar surface area (TPSA) is 22.9 Å². The Hall–Kier alpha value is -6.67. The molecule has 8 heteroatoms. The third-order valence-electron chi connectivity index (χ3n) is 17.1. The minimum atomic E-state index is -4.49. The smallest absolute Gasteiger partial charge is 0.416 e. The fourth-order valence-electron chi connectivity index (χ4n) is 12.2. The van der Waals surface area contributed by atoms with E-state index in [9.17, 15) is 13.2 Å². The number of halogens is 3. The lowest BCUT2D eigenvalue weighted by Gasteiger charge is -2.47. The number of furan rings is 1. The van der Waals surface area contributed by atoms with Crippen LogP contribution in [0.3, 0.4) is 0 Å². The van der Waals surface area contributed by atoms with Crippen LogP contribution in [0.4, 0.5) is 64.4 Å². The lowest BCUT2D eigenvalue weighted by Crippen LogP contribution is -2.61. The van der Waals surface area contributed by atoms with E-state index < -0.39 is 11.7 Å². The number of nitrogens with zero attached hydrogens (tertiary/aromatic N) is 3. The number of hydrogen-bond acceptors (Lipinski definition) is 4. The number of alkyl halides is 3. The maximum Gasteiger partial charge on any atom is 0.416 e. The molecule has 0 saturated carbocycles. The molecular weight excluding hydrogens is 955 g/mol. The van der Waals surface area contributed by atoms with Gasteiger partial charge in [0.25, 0.3) is 6.71 Å². The molecule has 0 bridgehead atoms. The molecule has 4 nitrogen and oxygen atoms in total. The van der Waals surface area contributed by atoms with Gasteiger partial charge in [0.1, 0.15) is 5.58 Å². The number of rotatable bonds is 5. The molecule has 1 aromatic heterocycles. The Balaban J connectivity index is 1.34. The summed E-state index contributed by atoms with van der Waals surface area (Å²) in [6, 6.07) is 48.2. The van der Waals surface area contributed by atoms with Gasteiger partial charge in [0.05, 0.1) is 22.6 Å². The quantitative estimate of drug-likeness (QED) is 0.160. The van der Waals surface area contributed by atoms with Gasteiger partial charge in [-0.1, -0.05) is 159 Å². The highest BCUT2D eigenvalue weighted by molar-refractivity contribution is 7.00. The first-order chi connectivity index (χ1) is 35.8. The van der Waals surface area contributed by atoms with Crippen molar-refractivity contribution in [3.05, 3.63) is 178 Å². The summed E-state index contributed by atoms with van der Waals surface area (Å²) in [5.41, 5.74) is 18.5. The van der Waals surface area contributed by atoms with Crippen LogP contribution in [-0.2, 0) is 38.7 Å². The lowest BCUT2D eigenvalue weighted by atomic mass is 9.35. The summed E-state index contributed by atoms with van der Waals surface area (Å²) in [5, 5.41) is 1.03. The summed E-state index contributed by atoms with van der Waals surface area (Å²) in [6.07, 6.45) is -2.37. The third kappa shape index (κ3) is 8.96. The predicted octanol–water partition coefficient (Wildman–Crippen LogP) is 18.5. The van der Waals surface area contributed by atoms with E-state index in [1.165, 1.54) is 51.0 Å². The van der Waals surface area contributed by atoms with Gasteiger partial charge in [-0.05, 0) is 181 Å². The maximum absolute atomic E-state index is 14.4. The van der Waals surface area contributed by atoms with Crippen LogP contribution in [0.15, 0.2) is 144 Å². The number of benzene rings is 7. The van der Waals surface area contributed by atoms with Crippen molar-refractivity contribution >= 4 is 85.5 Å². The van der Waals surface area contributed by atoms with E-state index in [0.29, 0.717) is 5.69 Å². The Labute approximate surface area is 456 Å². The number of hydrogen-bond donors (Lipinski definition) is 0. The van der Waals surface area contributed by atoms with E-state index in [2.05, 4.69) is 210 Å². The van der Waals surface area contributed by atoms with E-state index in [-0.39, 0.29) is 39.2 Å². The molecule has 0 fully saturated rings. The summed E-state index contributed by atoms with van der Waals surface area (Å²) in [7, 11) is 0. The predicted molar refractivity (Wildman–Crippen MR) is 320 cm³/mol. The number of para-hydroxylation sites is 1. The standard InChI is InChI=1S/C69H75BF3N3O/c1-63(2,3)42-22-27-49(28-23-42)76-58-39-51(74(47-20-18-17-19-21-47)48-29-24-43(25-30-48)69(71,72)73)38-57-60(58)70(62-61(76)52-37-44(64(4,5)6)26-31-59(52)77-62)55-40-53-54(68(15,16)33-32-67(53,13)14)41-56(55)75(57)50-35-45(65(7,8)9)34-46(36-50)66(10,11)12/h17-31,34-41H,32-33H2,1-16H3. The van der Waals surface area contributed by atoms with E-state index in [1.807, 2.05) is 30.3 Å². The van der Waals surface area contributed by atoms with Crippen molar-refractivity contribution < 1.29 is 17.6 Å². The maximum atomic E-state index is 14.4. The molecule has 8 aromatic rings. The molecule has 0 saturated heterocycles. The van der Waals surface area contributed by atoms with Gasteiger partial charge in [0.2, 0.25) is 0 Å². The molecule has 0 unspecified atom stereocenters. The Morgan fingerprint density at radius 1 is 0.468 bits per heavy atom. The molecule has 0 radical (unpaired) electrons. The molecular formula is C69H75BF3N3O. The van der Waals surface area contributed by atoms with Gasteiger partial charge < -0.3 is 19.1 Å². The van der Waals surface area contributed by atoms with Crippen LogP contribution < -0.4 is 31.3 Å². The minimum Gasteiger partial charge on any atom is -0.468 e. The van der Waals surface area contributed by atoms with Crippen molar-refractivity contribution in [2.24, 2.45) is 0 Å². The van der Waals surface area contributed by atoms with Gasteiger partial charge in [-0.25, -0.2) is 0 Å². The summed E-state index contributed by atoms with van der Waals surface area (Å²) < 4.78 is 50.6. The molecule has 3 aliphatic rings. The normalized spacial score (nSPS) is 16.0. The second-order valence-corrected chi connectivity index (χ2v) is 27.8. The van der Waals surface area contributed by atoms with E-state index in [4.69, 9.17) is 4.42 Å². The van der Waals surface area contributed by atoms with Gasteiger partial charge in [-0.3, -0.25) is 0 Å². The zero-order chi connectivity index (χ0) is 55.3. The lowest BCUT2D eigenvalue weighted by molar-refractivity contribution is -0.137. The molecule has 77 heavy (non-hydrogen) atoms. The summed E-state index contributed by atoms with van der Waals surface area (Å²) in [6.45, 7) is 36.6. The van der Waals surface area contributed by atoms with Gasteiger partial charge in [0, 0.05) is 45.2 Å². The Morgan fingerprint density at radius 3 is 1.52 bits per heavy atom. The van der Waals surface area contributed by atoms with Crippen LogP contribution in [0.1, 0.15) is 163 Å². The first-order valence-electron chi connectivity index (χ1n) is 27.6. The molecule has 11 rings (SSSR count). The third-order valence-corrected chi connectivity index (χ3v) is 17.1. The Bertz CT molecular complexity index is 3580. The zero-order valence-corrected chi connectivity index (χ0v) is 48.2. The number of anilines is 9. The first-order valence-corrected chi connectivity index (χ1v) is 27.6. The van der Waals surface area contributed by atoms with Crippen LogP contribution in [0.25, 0.3) is 11.0 Å². The average molecular weight is 1030 g/mol. The monoisotopic (exact) mass is 1030 g/mol. The summed E-state index contributed by atoms with van der Waals surface area (Å²) in [5.74, 6) is 0. The molecule has 0 N–H and O–H groups in total. The van der Waals surface area contributed by atoms with Crippen molar-refractivity contribution in [2.45, 2.75) is 162 Å². The Morgan fingerprint density at radius 2 is 0.974 bits per heavy atom. The van der Waals surface area contributed by atoms with E-state index >= 15 is 0 Å². The first kappa shape index (κ1) is 52.4. The fourth-order valence-corrected chi connectivity index (χ4v) is 12.2. The highest BCUT2D eigenvalue weighted by atomic mass is 19.4. The fraction of sp³-hybridized carbons (Fsp3) is 0.362. The van der Waals surface area contributed by atoms with Crippen LogP contribution in [0.2, 0.25) is 0 Å². The summed E-state index contributed by atoms with van der Waals surface area (Å²) in [4.78, 5) is 7.07. The molecule has 0 spiro atoms. The molecule has 2 aliphatic heterocycles. The zero-order valence-electron chi connectivity index (χ0n) is 48.2. The van der Waals surface area contributed by atoms with E-state index in [1.54, 1.807) is 12.1 Å².